The van der Waals surface area contributed by atoms with Crippen LogP contribution in [0.5, 0.6) is 0 Å². The van der Waals surface area contributed by atoms with E-state index in [4.69, 9.17) is 15.1 Å². The summed E-state index contributed by atoms with van der Waals surface area (Å²) in [6.07, 6.45) is -13.5. The van der Waals surface area contributed by atoms with Crippen LogP contribution in [-0.2, 0) is 34.5 Å². The first kappa shape index (κ1) is 20.6. The number of likely N-dealkylation sites (tertiary alicyclic amines) is 1. The third-order valence-corrected chi connectivity index (χ3v) is 8.36. The first-order valence-electron chi connectivity index (χ1n) is 24.1. The maximum Gasteiger partial charge on any atom is 0.416 e. The van der Waals surface area contributed by atoms with E-state index in [0.717, 1.165) is 60.7 Å². The number of nitrogens with zero attached hydrogens (tertiary/aromatic N) is 3. The number of benzene rings is 4. The molecule has 1 aromatic heterocycles. The number of rotatable bonds is 12. The molecule has 1 aliphatic heterocycles. The van der Waals surface area contributed by atoms with Crippen molar-refractivity contribution in [2.45, 2.75) is 48.7 Å². The average molecular weight is 754 g/mol. The topological polar surface area (TPSA) is 54.8 Å². The summed E-state index contributed by atoms with van der Waals surface area (Å²) < 4.78 is 232. The number of para-hydroxylation sites is 1. The molecular weight excluding hydrogens is 698 g/mol. The van der Waals surface area contributed by atoms with Crippen molar-refractivity contribution in [3.05, 3.63) is 136 Å². The molecule has 1 saturated heterocycles. The van der Waals surface area contributed by atoms with E-state index in [2.05, 4.69) is 4.74 Å². The van der Waals surface area contributed by atoms with E-state index in [1.165, 1.54) is 24.3 Å². The Balaban J connectivity index is 1.60. The first-order chi connectivity index (χ1) is 31.8. The van der Waals surface area contributed by atoms with Crippen LogP contribution in [0.15, 0.2) is 107 Å². The quantitative estimate of drug-likeness (QED) is 0.0947. The molecule has 0 aliphatic carbocycles. The molecule has 2 heterocycles. The van der Waals surface area contributed by atoms with E-state index in [0.29, 0.717) is 16.7 Å². The summed E-state index contributed by atoms with van der Waals surface area (Å²) >= 11 is -0.117. The molecule has 0 N–H and O–H groups in total. The molecule has 6 rings (SSSR count). The minimum Gasteiger partial charge on any atom is -0.383 e. The second-order valence-electron chi connectivity index (χ2n) is 10.9. The van der Waals surface area contributed by atoms with Crippen molar-refractivity contribution in [1.82, 2.24) is 14.4 Å². The molecule has 1 aliphatic rings. The largest absolute Gasteiger partial charge is 0.416 e. The van der Waals surface area contributed by atoms with Crippen molar-refractivity contribution < 1.29 is 56.2 Å². The third kappa shape index (κ3) is 8.74. The van der Waals surface area contributed by atoms with Crippen molar-refractivity contribution in [3.8, 4) is 11.1 Å². The number of methoxy groups -OCH3 is 1. The highest BCUT2D eigenvalue weighted by Gasteiger charge is 2.31. The molecule has 5 aromatic rings. The summed E-state index contributed by atoms with van der Waals surface area (Å²) in [7, 11) is -3.41. The summed E-state index contributed by atoms with van der Waals surface area (Å²) in [5.74, 6) is -5.39. The van der Waals surface area contributed by atoms with E-state index in [1.54, 1.807) is 0 Å². The molecule has 0 atom stereocenters. The molecule has 12 heteroatoms. The van der Waals surface area contributed by atoms with Crippen LogP contribution in [0.4, 0.5) is 22.0 Å². The van der Waals surface area contributed by atoms with Gasteiger partial charge in [0.2, 0.25) is 5.91 Å². The smallest absolute Gasteiger partial charge is 0.383 e. The number of aromatic nitrogens is 1. The molecule has 1 fully saturated rings. The number of amides is 1. The van der Waals surface area contributed by atoms with Gasteiger partial charge in [-0.1, -0.05) is 60.7 Å². The van der Waals surface area contributed by atoms with Crippen LogP contribution in [0.2, 0.25) is 0 Å². The second-order valence-corrected chi connectivity index (χ2v) is 11.7. The summed E-state index contributed by atoms with van der Waals surface area (Å²) in [6, 6.07) is 11.9. The number of piperidine rings is 1. The maximum atomic E-state index is 15.5. The Morgan fingerprint density at radius 3 is 2.38 bits per heavy atom. The molecular formula is C40H38F5N3O3S. The molecule has 4 aromatic carbocycles. The lowest BCUT2D eigenvalue weighted by Crippen LogP contribution is -2.48. The Morgan fingerprint density at radius 2 is 1.69 bits per heavy atom. The molecule has 0 spiro atoms. The van der Waals surface area contributed by atoms with Gasteiger partial charge in [0.05, 0.1) is 30.9 Å². The van der Waals surface area contributed by atoms with Gasteiger partial charge in [-0.3, -0.25) is 9.59 Å². The van der Waals surface area contributed by atoms with E-state index >= 15 is 9.18 Å². The molecule has 52 heavy (non-hydrogen) atoms. The number of carbonyl (C=O) groups is 1. The van der Waals surface area contributed by atoms with Gasteiger partial charge in [0.15, 0.2) is 17.1 Å². The van der Waals surface area contributed by atoms with E-state index in [9.17, 15) is 32.0 Å². The lowest BCUT2D eigenvalue weighted by atomic mass is 10.00. The normalized spacial score (nSPS) is 24.9. The predicted octanol–water partition coefficient (Wildman–Crippen LogP) is 8.40. The highest BCUT2D eigenvalue weighted by atomic mass is 32.2. The number of hydrogen-bond donors (Lipinski definition) is 0. The van der Waals surface area contributed by atoms with Gasteiger partial charge in [-0.15, -0.1) is 11.8 Å². The molecule has 1 amide bonds. The van der Waals surface area contributed by atoms with Crippen LogP contribution in [0.3, 0.4) is 0 Å². The average Bonchev–Trinajstić information content (AvgIpc) is 3.24. The number of ether oxygens (including phenoxy) is 1. The lowest BCUT2D eigenvalue weighted by Gasteiger charge is -2.39. The van der Waals surface area contributed by atoms with Crippen LogP contribution >= 0.6 is 11.8 Å². The van der Waals surface area contributed by atoms with Gasteiger partial charge in [-0.05, 0) is 59.8 Å². The van der Waals surface area contributed by atoms with Crippen molar-refractivity contribution in [3.63, 3.8) is 0 Å². The van der Waals surface area contributed by atoms with Crippen LogP contribution in [0.1, 0.15) is 54.1 Å². The molecule has 0 saturated carbocycles. The Kier molecular flexibility index (Phi) is 6.53. The predicted molar refractivity (Wildman–Crippen MR) is 193 cm³/mol. The van der Waals surface area contributed by atoms with Crippen LogP contribution in [0, 0.1) is 11.6 Å². The Hall–Kier alpha value is -4.52. The number of hydrogen-bond acceptors (Lipinski definition) is 5. The number of carbonyl (C=O) groups excluding carboxylic acids is 1. The zero-order valence-electron chi connectivity index (χ0n) is 44.5. The summed E-state index contributed by atoms with van der Waals surface area (Å²) in [4.78, 5) is 28.1. The summed E-state index contributed by atoms with van der Waals surface area (Å²) in [6.45, 7) is -19.4. The molecule has 0 radical (unpaired) electrons. The van der Waals surface area contributed by atoms with Crippen LogP contribution in [0.25, 0.3) is 22.0 Å². The number of pyridine rings is 1. The zero-order valence-corrected chi connectivity index (χ0v) is 27.3. The van der Waals surface area contributed by atoms with Crippen molar-refractivity contribution >= 4 is 28.6 Å². The number of alkyl halides is 3. The maximum absolute atomic E-state index is 15.5. The second kappa shape index (κ2) is 16.4. The molecule has 272 valence electrons. The summed E-state index contributed by atoms with van der Waals surface area (Å²) in [5, 5.41) is -1.20. The van der Waals surface area contributed by atoms with Crippen molar-refractivity contribution in [2.24, 2.45) is 0 Å². The van der Waals surface area contributed by atoms with Gasteiger partial charge in [0, 0.05) is 78.3 Å². The van der Waals surface area contributed by atoms with E-state index in [-0.39, 0.29) is 38.7 Å². The Bertz CT molecular complexity index is 2840. The van der Waals surface area contributed by atoms with Gasteiger partial charge in [-0.25, -0.2) is 8.78 Å². The Labute approximate surface area is 328 Å². The van der Waals surface area contributed by atoms with Gasteiger partial charge in [0.1, 0.15) is 6.50 Å². The van der Waals surface area contributed by atoms with Gasteiger partial charge in [0.25, 0.3) is 0 Å². The van der Waals surface area contributed by atoms with E-state index in [1.807, 2.05) is 0 Å². The first-order valence-corrected chi connectivity index (χ1v) is 15.9. The fourth-order valence-electron chi connectivity index (χ4n) is 4.96. The zero-order chi connectivity index (χ0) is 52.8. The fourth-order valence-corrected chi connectivity index (χ4v) is 5.74. The molecule has 0 bridgehead atoms. The number of thioether (sulfide) groups is 1. The highest BCUT2D eigenvalue weighted by Crippen LogP contribution is 2.32. The fraction of sp³-hybridized carbons (Fsp3) is 0.300. The van der Waals surface area contributed by atoms with E-state index < -0.39 is 126 Å². The molecule has 6 nitrogen and oxygen atoms in total. The third-order valence-electron chi connectivity index (χ3n) is 7.53. The Morgan fingerprint density at radius 1 is 1.00 bits per heavy atom. The van der Waals surface area contributed by atoms with Gasteiger partial charge in [-0.2, -0.15) is 13.2 Å². The van der Waals surface area contributed by atoms with Gasteiger partial charge >= 0.3 is 6.18 Å². The van der Waals surface area contributed by atoms with Crippen LogP contribution < -0.4 is 5.43 Å². The number of fused-ring (bicyclic) bond motifs is 1. The number of halogens is 5. The van der Waals surface area contributed by atoms with Crippen molar-refractivity contribution in [1.29, 1.82) is 0 Å². The standard InChI is InChI=1S/C40H38F5N3O3S/c1-51-22-21-46-19-17-32(18-20-46)47(24-27-9-11-28(12-10-27)29-13-15-31(16-14-29)40(43,44)45)37(50)25-48-35-8-3-2-6-33(35)36(49)23-38(48)52-26-30-5-4-7-34(41)39(30)42/h2-16,23,32H,17-22,24-26H2,1H3/i1D3,17D2,18D2,19D2,20D2,21D2,25D2,26D2,32D. The lowest BCUT2D eigenvalue weighted by molar-refractivity contribution is -0.137. The monoisotopic (exact) mass is 753 g/mol. The van der Waals surface area contributed by atoms with Gasteiger partial charge < -0.3 is 19.1 Å². The highest BCUT2D eigenvalue weighted by molar-refractivity contribution is 7.98. The molecule has 0 unspecified atom stereocenters. The van der Waals surface area contributed by atoms with Crippen LogP contribution in [-0.4, -0.2) is 59.4 Å². The summed E-state index contributed by atoms with van der Waals surface area (Å²) in [5.41, 5.74) is -6.36. The minimum absolute atomic E-state index is 0.117. The van der Waals surface area contributed by atoms with Crippen molar-refractivity contribution in [2.75, 3.05) is 33.1 Å². The SMILES string of the molecule is [2H]C([2H])([2H])OCC([2H])([2H])N1C([2H])([2H])C([2H])([2H])C([2H])(N(Cc2ccc(-c3ccc(C(F)(F)F)cc3)cc2)C(=O)C([2H])([2H])n2c(SC([2H])([2H])c3cccc(F)c3F)cc(=O)c3ccccc32)C([2H])([2H])C1([2H])[2H]. The minimum atomic E-state index is -4.69.